The number of carbonyl (C=O) groups excluding carboxylic acids is 1. The molecule has 0 saturated heterocycles. The monoisotopic (exact) mass is 573 g/mol. The normalized spacial score (nSPS) is 13.7. The quantitative estimate of drug-likeness (QED) is 0.178. The van der Waals surface area contributed by atoms with E-state index in [1.807, 2.05) is 0 Å². The van der Waals surface area contributed by atoms with Crippen LogP contribution in [0.4, 0.5) is 49.5 Å². The highest BCUT2D eigenvalue weighted by Crippen LogP contribution is 2.38. The second-order valence-electron chi connectivity index (χ2n) is 8.46. The van der Waals surface area contributed by atoms with Gasteiger partial charge in [-0.1, -0.05) is 18.2 Å². The Morgan fingerprint density at radius 1 is 1.08 bits per heavy atom. The summed E-state index contributed by atoms with van der Waals surface area (Å²) in [6.45, 7) is -1.02. The number of hydrogen-bond acceptors (Lipinski definition) is 7. The fraction of sp³-hybridized carbons (Fsp3) is 0.292. The van der Waals surface area contributed by atoms with E-state index >= 15 is 0 Å². The first-order valence-corrected chi connectivity index (χ1v) is 12.4. The molecule has 0 radical (unpaired) electrons. The molecule has 15 heteroatoms. The van der Waals surface area contributed by atoms with Crippen LogP contribution in [-0.2, 0) is 23.4 Å². The molecule has 8 nitrogen and oxygen atoms in total. The lowest BCUT2D eigenvalue weighted by Gasteiger charge is -2.17. The van der Waals surface area contributed by atoms with Crippen LogP contribution in [0.15, 0.2) is 42.6 Å². The number of hydrogen-bond donors (Lipinski definition) is 2. The van der Waals surface area contributed by atoms with Gasteiger partial charge in [0.2, 0.25) is 5.95 Å². The van der Waals surface area contributed by atoms with E-state index in [2.05, 4.69) is 25.1 Å². The minimum Gasteiger partial charge on any atom is -0.495 e. The number of halogens is 6. The SMILES string of the molecule is COc1cc(CPOCC(F)(F)F)ccc1Nc1ncc(C(F)(F)F)c(Nc2cccc3c2C(=O)N(C)C3)n1. The van der Waals surface area contributed by atoms with Crippen LogP contribution in [0.5, 0.6) is 5.75 Å². The molecule has 2 N–H and O–H groups in total. The highest BCUT2D eigenvalue weighted by Gasteiger charge is 2.36. The van der Waals surface area contributed by atoms with Gasteiger partial charge < -0.3 is 24.8 Å². The number of benzene rings is 2. The lowest BCUT2D eigenvalue weighted by molar-refractivity contribution is -0.151. The first-order chi connectivity index (χ1) is 18.4. The van der Waals surface area contributed by atoms with Gasteiger partial charge in [0.25, 0.3) is 5.91 Å². The smallest absolute Gasteiger partial charge is 0.421 e. The Hall–Kier alpha value is -3.64. The largest absolute Gasteiger partial charge is 0.495 e. The van der Waals surface area contributed by atoms with Gasteiger partial charge in [0.05, 0.1) is 24.0 Å². The van der Waals surface area contributed by atoms with E-state index in [1.165, 1.54) is 24.1 Å². The Morgan fingerprint density at radius 2 is 1.85 bits per heavy atom. The molecule has 1 aliphatic heterocycles. The van der Waals surface area contributed by atoms with Gasteiger partial charge in [0.1, 0.15) is 23.7 Å². The van der Waals surface area contributed by atoms with Crippen molar-refractivity contribution in [2.24, 2.45) is 0 Å². The molecular formula is C24H22F6N5O3P. The van der Waals surface area contributed by atoms with Gasteiger partial charge in [-0.05, 0) is 29.3 Å². The Bertz CT molecular complexity index is 1370. The van der Waals surface area contributed by atoms with Gasteiger partial charge in [0.15, 0.2) is 0 Å². The summed E-state index contributed by atoms with van der Waals surface area (Å²) in [5.41, 5.74) is 0.908. The van der Waals surface area contributed by atoms with E-state index in [0.717, 1.165) is 0 Å². The number of nitrogens with zero attached hydrogens (tertiary/aromatic N) is 3. The van der Waals surface area contributed by atoms with Crippen LogP contribution in [0.3, 0.4) is 0 Å². The Kier molecular flexibility index (Phi) is 8.17. The number of anilines is 4. The molecule has 1 aliphatic rings. The third kappa shape index (κ3) is 6.87. The summed E-state index contributed by atoms with van der Waals surface area (Å²) >= 11 is 0. The zero-order chi connectivity index (χ0) is 28.4. The molecule has 4 rings (SSSR count). The summed E-state index contributed by atoms with van der Waals surface area (Å²) < 4.78 is 88.0. The van der Waals surface area contributed by atoms with Crippen LogP contribution in [0.2, 0.25) is 0 Å². The number of alkyl halides is 6. The van der Waals surface area contributed by atoms with Gasteiger partial charge in [-0.25, -0.2) is 4.98 Å². The maximum absolute atomic E-state index is 13.8. The van der Waals surface area contributed by atoms with Crippen LogP contribution in [0.25, 0.3) is 0 Å². The van der Waals surface area contributed by atoms with E-state index < -0.39 is 39.1 Å². The van der Waals surface area contributed by atoms with Crippen molar-refractivity contribution in [3.8, 4) is 5.75 Å². The molecule has 208 valence electrons. The number of fused-ring (bicyclic) bond motifs is 1. The molecule has 3 aromatic rings. The maximum atomic E-state index is 13.8. The topological polar surface area (TPSA) is 88.6 Å². The number of aromatic nitrogens is 2. The van der Waals surface area contributed by atoms with Crippen molar-refractivity contribution in [2.45, 2.75) is 25.1 Å². The van der Waals surface area contributed by atoms with E-state index in [0.29, 0.717) is 29.6 Å². The van der Waals surface area contributed by atoms with Crippen molar-refractivity contribution in [3.63, 3.8) is 0 Å². The summed E-state index contributed by atoms with van der Waals surface area (Å²) in [4.78, 5) is 21.8. The van der Waals surface area contributed by atoms with E-state index in [-0.39, 0.29) is 35.0 Å². The third-order valence-corrected chi connectivity index (χ3v) is 6.49. The first-order valence-electron chi connectivity index (χ1n) is 11.3. The summed E-state index contributed by atoms with van der Waals surface area (Å²) in [7, 11) is 2.52. The van der Waals surface area contributed by atoms with Crippen LogP contribution in [0.1, 0.15) is 27.0 Å². The molecule has 0 saturated carbocycles. The summed E-state index contributed by atoms with van der Waals surface area (Å²) in [6.07, 6.45) is -8.38. The number of carbonyl (C=O) groups is 1. The molecule has 39 heavy (non-hydrogen) atoms. The zero-order valence-electron chi connectivity index (χ0n) is 20.5. The second-order valence-corrected chi connectivity index (χ2v) is 9.40. The van der Waals surface area contributed by atoms with Crippen LogP contribution in [0, 0.1) is 0 Å². The fourth-order valence-corrected chi connectivity index (χ4v) is 4.57. The van der Waals surface area contributed by atoms with E-state index in [1.54, 1.807) is 31.3 Å². The molecule has 0 aliphatic carbocycles. The van der Waals surface area contributed by atoms with Crippen molar-refractivity contribution in [3.05, 3.63) is 64.8 Å². The molecule has 1 amide bonds. The van der Waals surface area contributed by atoms with Crippen LogP contribution >= 0.6 is 8.81 Å². The summed E-state index contributed by atoms with van der Waals surface area (Å²) in [5.74, 6) is -0.818. The van der Waals surface area contributed by atoms with Crippen LogP contribution in [-0.4, -0.2) is 47.7 Å². The molecule has 1 atom stereocenters. The van der Waals surface area contributed by atoms with Crippen molar-refractivity contribution >= 4 is 37.9 Å². The minimum atomic E-state index is -4.78. The van der Waals surface area contributed by atoms with Crippen molar-refractivity contribution < 1.29 is 40.4 Å². The molecule has 0 bridgehead atoms. The van der Waals surface area contributed by atoms with E-state index in [4.69, 9.17) is 4.74 Å². The van der Waals surface area contributed by atoms with Gasteiger partial charge in [-0.2, -0.15) is 31.3 Å². The standard InChI is InChI=1S/C24H22F6N5O3P/c1-35-10-14-4-3-5-17(19(14)21(35)36)32-20-15(24(28,29)30)9-31-22(34-20)33-16-7-6-13(8-18(16)37-2)11-39-38-12-23(25,26)27/h3-9,39H,10-12H2,1-2H3,(H2,31,32,33,34). The van der Waals surface area contributed by atoms with Crippen molar-refractivity contribution in [1.29, 1.82) is 0 Å². The second kappa shape index (κ2) is 11.2. The van der Waals surface area contributed by atoms with Crippen molar-refractivity contribution in [2.75, 3.05) is 31.4 Å². The molecular weight excluding hydrogens is 551 g/mol. The Labute approximate surface area is 220 Å². The lowest BCUT2D eigenvalue weighted by atomic mass is 10.1. The maximum Gasteiger partial charge on any atom is 0.421 e. The number of rotatable bonds is 9. The molecule has 2 aromatic carbocycles. The third-order valence-electron chi connectivity index (χ3n) is 5.59. The zero-order valence-corrected chi connectivity index (χ0v) is 21.5. The first kappa shape index (κ1) is 28.4. The van der Waals surface area contributed by atoms with Gasteiger partial charge >= 0.3 is 12.4 Å². The van der Waals surface area contributed by atoms with Crippen molar-refractivity contribution in [1.82, 2.24) is 14.9 Å². The number of amides is 1. The molecule has 0 fully saturated rings. The molecule has 0 spiro atoms. The van der Waals surface area contributed by atoms with Gasteiger partial charge in [-0.15, -0.1) is 0 Å². The van der Waals surface area contributed by atoms with Gasteiger partial charge in [-0.3, -0.25) is 4.79 Å². The fourth-order valence-electron chi connectivity index (χ4n) is 3.82. The lowest BCUT2D eigenvalue weighted by Crippen LogP contribution is -2.18. The molecule has 1 aromatic heterocycles. The average Bonchev–Trinajstić information content (AvgIpc) is 3.15. The molecule has 1 unspecified atom stereocenters. The summed E-state index contributed by atoms with van der Waals surface area (Å²) in [6, 6.07) is 9.54. The predicted octanol–water partition coefficient (Wildman–Crippen LogP) is 6.25. The number of methoxy groups -OCH3 is 1. The Balaban J connectivity index is 1.57. The highest BCUT2D eigenvalue weighted by atomic mass is 31.1. The molecule has 2 heterocycles. The Morgan fingerprint density at radius 3 is 2.54 bits per heavy atom. The highest BCUT2D eigenvalue weighted by molar-refractivity contribution is 7.31. The predicted molar refractivity (Wildman–Crippen MR) is 133 cm³/mol. The summed E-state index contributed by atoms with van der Waals surface area (Å²) in [5, 5.41) is 5.45. The van der Waals surface area contributed by atoms with E-state index in [9.17, 15) is 31.1 Å². The average molecular weight is 573 g/mol. The van der Waals surface area contributed by atoms with Gasteiger partial charge in [0, 0.05) is 34.8 Å². The minimum absolute atomic E-state index is 0.174. The number of nitrogens with one attached hydrogen (secondary N) is 2. The van der Waals surface area contributed by atoms with Crippen LogP contribution < -0.4 is 15.4 Å². The number of ether oxygens (including phenoxy) is 1.